The number of anilines is 1. The van der Waals surface area contributed by atoms with Gasteiger partial charge in [-0.15, -0.1) is 4.80 Å². The van der Waals surface area contributed by atoms with Crippen molar-refractivity contribution in [2.45, 2.75) is 12.5 Å². The Morgan fingerprint density at radius 3 is 2.28 bits per heavy atom. The molecule has 4 aromatic carbocycles. The number of benzene rings is 4. The molecule has 0 saturated carbocycles. The molecule has 1 aromatic heterocycles. The van der Waals surface area contributed by atoms with Crippen molar-refractivity contribution in [2.24, 2.45) is 0 Å². The topological polar surface area (TPSA) is 173 Å². The van der Waals surface area contributed by atoms with Crippen molar-refractivity contribution < 1.29 is 33.4 Å². The minimum atomic E-state index is -1.14. The van der Waals surface area contributed by atoms with Gasteiger partial charge in [0.2, 0.25) is 5.91 Å². The molecule has 2 aliphatic heterocycles. The minimum absolute atomic E-state index is 0.0414. The van der Waals surface area contributed by atoms with Gasteiger partial charge in [-0.25, -0.2) is 9.18 Å². The van der Waals surface area contributed by atoms with Gasteiger partial charge in [-0.2, -0.15) is 0 Å². The summed E-state index contributed by atoms with van der Waals surface area (Å²) in [5.41, 5.74) is 4.00. The van der Waals surface area contributed by atoms with Crippen molar-refractivity contribution in [1.29, 1.82) is 0 Å². The van der Waals surface area contributed by atoms with E-state index in [0.29, 0.717) is 49.5 Å². The summed E-state index contributed by atoms with van der Waals surface area (Å²) in [6.45, 7) is 2.16. The van der Waals surface area contributed by atoms with Crippen molar-refractivity contribution in [3.05, 3.63) is 124 Å². The summed E-state index contributed by atoms with van der Waals surface area (Å²) in [6, 6.07) is 20.0. The van der Waals surface area contributed by atoms with E-state index in [2.05, 4.69) is 26.2 Å². The number of nitrogens with zero attached hydrogens (tertiary/aromatic N) is 7. The molecule has 1 atom stereocenters. The predicted octanol–water partition coefficient (Wildman–Crippen LogP) is 4.47. The number of fused-ring (bicyclic) bond motifs is 1. The molecular weight excluding hydrogens is 707 g/mol. The molecule has 3 amide bonds. The Morgan fingerprint density at radius 1 is 0.887 bits per heavy atom. The zero-order chi connectivity index (χ0) is 37.1. The molecule has 0 bridgehead atoms. The van der Waals surface area contributed by atoms with Gasteiger partial charge in [-0.05, 0) is 104 Å². The number of carboxylic acid groups (broad SMARTS) is 1. The number of morpholine rings is 1. The highest BCUT2D eigenvalue weighted by Crippen LogP contribution is 2.37. The van der Waals surface area contributed by atoms with Gasteiger partial charge in [0.1, 0.15) is 6.04 Å². The van der Waals surface area contributed by atoms with Gasteiger partial charge in [0.25, 0.3) is 11.8 Å². The highest BCUT2D eigenvalue weighted by Gasteiger charge is 2.36. The number of carbonyl (C=O) groups excluding carboxylic acids is 3. The third-order valence-corrected chi connectivity index (χ3v) is 9.39. The van der Waals surface area contributed by atoms with Crippen molar-refractivity contribution in [2.75, 3.05) is 38.2 Å². The van der Waals surface area contributed by atoms with Gasteiger partial charge in [0.05, 0.1) is 29.5 Å². The van der Waals surface area contributed by atoms with Gasteiger partial charge in [-0.3, -0.25) is 14.4 Å². The minimum Gasteiger partial charge on any atom is -0.478 e. The van der Waals surface area contributed by atoms with Crippen LogP contribution in [0.4, 0.5) is 10.1 Å². The van der Waals surface area contributed by atoms with Gasteiger partial charge < -0.3 is 25.0 Å². The summed E-state index contributed by atoms with van der Waals surface area (Å²) < 4.78 is 20.7. The van der Waals surface area contributed by atoms with E-state index in [4.69, 9.17) is 16.3 Å². The summed E-state index contributed by atoms with van der Waals surface area (Å²) in [7, 11) is 0. The van der Waals surface area contributed by atoms with Crippen molar-refractivity contribution >= 4 is 47.1 Å². The number of rotatable bonds is 8. The molecular formula is C37H30ClFN8O6. The SMILES string of the molecule is O=C(O)c1ccc(NC(=O)C2c3cccc(-c4ccc(C(=O)N5CCOCC5)cc4)c3CCN2C(=O)/C=C/c2c(-n3nnnn3)ccc(Cl)c2F)cc1. The Morgan fingerprint density at radius 2 is 1.58 bits per heavy atom. The lowest BCUT2D eigenvalue weighted by Crippen LogP contribution is -2.45. The lowest BCUT2D eigenvalue weighted by molar-refractivity contribution is -0.135. The lowest BCUT2D eigenvalue weighted by Gasteiger charge is -2.37. The standard InChI is InChI=1S/C37H30ClFN8O6/c38-30-13-14-31(47-43-41-42-44-47)29(33(30)39)12-15-32(48)46-17-16-27-26(22-4-6-23(7-5-22)36(50)45-18-20-53-21-19-45)2-1-3-28(27)34(46)35(49)40-25-10-8-24(9-11-25)37(51)52/h1-15,34H,16-21H2,(H,40,49)(H,51,52)/b15-12+. The summed E-state index contributed by atoms with van der Waals surface area (Å²) in [6.07, 6.45) is 2.75. The maximum absolute atomic E-state index is 15.3. The van der Waals surface area contributed by atoms with Crippen LogP contribution in [0.3, 0.4) is 0 Å². The molecule has 0 radical (unpaired) electrons. The summed E-state index contributed by atoms with van der Waals surface area (Å²) in [4.78, 5) is 56.7. The van der Waals surface area contributed by atoms with Crippen LogP contribution in [0.2, 0.25) is 5.02 Å². The van der Waals surface area contributed by atoms with Crippen molar-refractivity contribution in [3.63, 3.8) is 0 Å². The van der Waals surface area contributed by atoms with E-state index in [9.17, 15) is 24.3 Å². The number of aromatic nitrogens is 5. The van der Waals surface area contributed by atoms with Crippen LogP contribution in [0.1, 0.15) is 43.4 Å². The Kier molecular flexibility index (Phi) is 10.0. The van der Waals surface area contributed by atoms with Crippen LogP contribution in [0.25, 0.3) is 22.9 Å². The Balaban J connectivity index is 1.22. The van der Waals surface area contributed by atoms with Crippen molar-refractivity contribution in [1.82, 2.24) is 35.4 Å². The maximum atomic E-state index is 15.3. The fraction of sp³-hybridized carbons (Fsp3) is 0.189. The zero-order valence-corrected chi connectivity index (χ0v) is 28.6. The van der Waals surface area contributed by atoms with Gasteiger partial charge in [0.15, 0.2) is 5.82 Å². The number of amides is 3. The third kappa shape index (κ3) is 7.24. The first kappa shape index (κ1) is 35.1. The maximum Gasteiger partial charge on any atom is 0.335 e. The quantitative estimate of drug-likeness (QED) is 0.217. The normalized spacial score (nSPS) is 15.6. The molecule has 2 N–H and O–H groups in total. The number of carboxylic acids is 1. The van der Waals surface area contributed by atoms with Crippen LogP contribution >= 0.6 is 11.6 Å². The van der Waals surface area contributed by atoms with Crippen LogP contribution in [0, 0.1) is 5.82 Å². The molecule has 1 fully saturated rings. The second-order valence-electron chi connectivity index (χ2n) is 12.2. The van der Waals surface area contributed by atoms with Gasteiger partial charge >= 0.3 is 5.97 Å². The van der Waals surface area contributed by atoms with Gasteiger partial charge in [-0.1, -0.05) is 41.9 Å². The third-order valence-electron chi connectivity index (χ3n) is 9.10. The van der Waals surface area contributed by atoms with Crippen LogP contribution in [-0.2, 0) is 20.7 Å². The molecule has 5 aromatic rings. The zero-order valence-electron chi connectivity index (χ0n) is 27.9. The molecule has 0 aliphatic carbocycles. The average molecular weight is 737 g/mol. The number of hydrogen-bond donors (Lipinski definition) is 2. The second-order valence-corrected chi connectivity index (χ2v) is 12.6. The number of aromatic carboxylic acids is 1. The van der Waals surface area contributed by atoms with Gasteiger partial charge in [0, 0.05) is 42.5 Å². The van der Waals surface area contributed by atoms with E-state index in [1.54, 1.807) is 29.2 Å². The highest BCUT2D eigenvalue weighted by molar-refractivity contribution is 6.31. The van der Waals surface area contributed by atoms with E-state index in [1.165, 1.54) is 47.4 Å². The summed E-state index contributed by atoms with van der Waals surface area (Å²) >= 11 is 6.07. The molecule has 16 heteroatoms. The van der Waals surface area contributed by atoms with E-state index in [-0.39, 0.29) is 34.3 Å². The molecule has 14 nitrogen and oxygen atoms in total. The largest absolute Gasteiger partial charge is 0.478 e. The average Bonchev–Trinajstić information content (AvgIpc) is 3.73. The fourth-order valence-electron chi connectivity index (χ4n) is 6.47. The smallest absolute Gasteiger partial charge is 0.335 e. The first-order chi connectivity index (χ1) is 25.7. The van der Waals surface area contributed by atoms with E-state index in [0.717, 1.165) is 27.6 Å². The Bertz CT molecular complexity index is 2230. The number of nitrogens with one attached hydrogen (secondary N) is 1. The number of halogens is 2. The van der Waals surface area contributed by atoms with E-state index < -0.39 is 29.6 Å². The monoisotopic (exact) mass is 736 g/mol. The highest BCUT2D eigenvalue weighted by atomic mass is 35.5. The summed E-state index contributed by atoms with van der Waals surface area (Å²) in [5, 5.41) is 26.2. The van der Waals surface area contributed by atoms with Crippen molar-refractivity contribution in [3.8, 4) is 16.8 Å². The van der Waals surface area contributed by atoms with Crippen LogP contribution in [0.15, 0.2) is 84.9 Å². The molecule has 1 saturated heterocycles. The van der Waals surface area contributed by atoms with Crippen LogP contribution in [-0.4, -0.2) is 97.1 Å². The predicted molar refractivity (Wildman–Crippen MR) is 190 cm³/mol. The molecule has 1 unspecified atom stereocenters. The van der Waals surface area contributed by atoms with E-state index >= 15 is 4.39 Å². The Hall–Kier alpha value is -6.32. The molecule has 53 heavy (non-hydrogen) atoms. The first-order valence-electron chi connectivity index (χ1n) is 16.5. The van der Waals surface area contributed by atoms with Crippen LogP contribution in [0.5, 0.6) is 0 Å². The molecule has 0 spiro atoms. The number of ether oxygens (including phenoxy) is 1. The van der Waals surface area contributed by atoms with E-state index in [1.807, 2.05) is 18.2 Å². The Labute approximate surface area is 306 Å². The molecule has 2 aliphatic rings. The number of carbonyl (C=O) groups is 4. The number of hydrogen-bond acceptors (Lipinski definition) is 9. The first-order valence-corrected chi connectivity index (χ1v) is 16.9. The lowest BCUT2D eigenvalue weighted by atomic mass is 9.85. The van der Waals surface area contributed by atoms with Crippen LogP contribution < -0.4 is 5.32 Å². The fourth-order valence-corrected chi connectivity index (χ4v) is 6.64. The molecule has 7 rings (SSSR count). The summed E-state index contributed by atoms with van der Waals surface area (Å²) in [5.74, 6) is -3.16. The molecule has 268 valence electrons. The molecule has 3 heterocycles. The second kappa shape index (κ2) is 15.1.